The first-order chi connectivity index (χ1) is 18.7. The summed E-state index contributed by atoms with van der Waals surface area (Å²) in [6.07, 6.45) is 9.10. The molecule has 9 heteroatoms. The standard InChI is InChI=1S/C30H32F2N6O.H2/c1-36-18-33-35-27(36)29(15-30(31,32)16-29)20-3-2-4-22(11-20)38-14-24(19-5-6-19)23-12-21(34-25(23)26(38)39)13-37-10-9-28(17-37)7-8-28;/h2-4,11-12,14,18-19,34H,5-10,13,15-17H2,1H3;1H. The Morgan fingerprint density at radius 3 is 2.64 bits per heavy atom. The Bertz CT molecular complexity index is 1670. The number of hydrogen-bond acceptors (Lipinski definition) is 4. The topological polar surface area (TPSA) is 71.7 Å². The molecule has 204 valence electrons. The quantitative estimate of drug-likeness (QED) is 0.367. The van der Waals surface area contributed by atoms with Gasteiger partial charge in [-0.1, -0.05) is 12.1 Å². The number of benzene rings is 1. The summed E-state index contributed by atoms with van der Waals surface area (Å²) in [5.41, 5.74) is 3.85. The Morgan fingerprint density at radius 2 is 1.97 bits per heavy atom. The number of nitrogens with zero attached hydrogens (tertiary/aromatic N) is 5. The molecule has 0 bridgehead atoms. The SMILES string of the molecule is Cn1cnnc1C1(c2cccc(-n3cc(C4CC4)c4cc(CN5CCC6(CC6)C5)[nH]c4c3=O)c2)CC(F)(F)C1.[HH]. The molecule has 0 atom stereocenters. The van der Waals surface area contributed by atoms with Gasteiger partial charge in [0.25, 0.3) is 11.5 Å². The molecular formula is C30H34F2N6O. The van der Waals surface area contributed by atoms with E-state index in [4.69, 9.17) is 0 Å². The average Bonchev–Trinajstić information content (AvgIpc) is 3.74. The fourth-order valence-corrected chi connectivity index (χ4v) is 7.27. The van der Waals surface area contributed by atoms with Crippen LogP contribution in [0.1, 0.15) is 74.9 Å². The fourth-order valence-electron chi connectivity index (χ4n) is 7.27. The molecule has 1 spiro atoms. The number of rotatable bonds is 6. The molecule has 0 unspecified atom stereocenters. The van der Waals surface area contributed by atoms with Crippen molar-refractivity contribution in [2.24, 2.45) is 12.5 Å². The fraction of sp³-hybridized carbons (Fsp3) is 0.500. The van der Waals surface area contributed by atoms with Crippen LogP contribution >= 0.6 is 0 Å². The average molecular weight is 533 g/mol. The van der Waals surface area contributed by atoms with Gasteiger partial charge in [0, 0.05) is 57.4 Å². The maximum Gasteiger partial charge on any atom is 0.279 e. The number of aromatic nitrogens is 5. The minimum atomic E-state index is -2.76. The molecule has 3 saturated carbocycles. The van der Waals surface area contributed by atoms with Crippen molar-refractivity contribution >= 4 is 10.9 Å². The lowest BCUT2D eigenvalue weighted by molar-refractivity contribution is -0.116. The van der Waals surface area contributed by atoms with E-state index in [9.17, 15) is 13.6 Å². The molecule has 4 aromatic rings. The number of aromatic amines is 1. The van der Waals surface area contributed by atoms with Gasteiger partial charge in [0.15, 0.2) is 0 Å². The second kappa shape index (κ2) is 7.87. The molecule has 1 N–H and O–H groups in total. The van der Waals surface area contributed by atoms with Gasteiger partial charge < -0.3 is 9.55 Å². The van der Waals surface area contributed by atoms with Crippen molar-refractivity contribution in [3.8, 4) is 5.69 Å². The van der Waals surface area contributed by atoms with E-state index in [1.165, 1.54) is 24.8 Å². The van der Waals surface area contributed by atoms with Crippen molar-refractivity contribution in [3.63, 3.8) is 0 Å². The maximum atomic E-state index is 14.3. The lowest BCUT2D eigenvalue weighted by Crippen LogP contribution is -2.51. The van der Waals surface area contributed by atoms with Gasteiger partial charge in [0.1, 0.15) is 17.7 Å². The number of pyridine rings is 1. The second-order valence-corrected chi connectivity index (χ2v) is 12.7. The summed E-state index contributed by atoms with van der Waals surface area (Å²) >= 11 is 0. The lowest BCUT2D eigenvalue weighted by Gasteiger charge is -2.46. The van der Waals surface area contributed by atoms with Crippen LogP contribution in [0.15, 0.2) is 47.7 Å². The highest BCUT2D eigenvalue weighted by atomic mass is 19.3. The second-order valence-electron chi connectivity index (χ2n) is 12.7. The lowest BCUT2D eigenvalue weighted by atomic mass is 9.61. The van der Waals surface area contributed by atoms with E-state index in [0.29, 0.717) is 28.4 Å². The molecule has 39 heavy (non-hydrogen) atoms. The van der Waals surface area contributed by atoms with Crippen molar-refractivity contribution < 1.29 is 10.2 Å². The van der Waals surface area contributed by atoms with Crippen molar-refractivity contribution in [1.29, 1.82) is 0 Å². The van der Waals surface area contributed by atoms with Crippen molar-refractivity contribution in [2.45, 2.75) is 68.7 Å². The van der Waals surface area contributed by atoms with E-state index >= 15 is 0 Å². The minimum absolute atomic E-state index is 0. The Labute approximate surface area is 226 Å². The first-order valence-electron chi connectivity index (χ1n) is 14.1. The Kier molecular flexibility index (Phi) is 4.75. The van der Waals surface area contributed by atoms with Crippen LogP contribution in [-0.2, 0) is 19.0 Å². The monoisotopic (exact) mass is 532 g/mol. The molecule has 1 aromatic carbocycles. The number of halogens is 2. The molecule has 3 aliphatic carbocycles. The van der Waals surface area contributed by atoms with E-state index < -0.39 is 11.3 Å². The van der Waals surface area contributed by atoms with Gasteiger partial charge in [0.2, 0.25) is 0 Å². The summed E-state index contributed by atoms with van der Waals surface area (Å²) in [6.45, 7) is 3.11. The number of likely N-dealkylation sites (tertiary alicyclic amines) is 1. The number of aryl methyl sites for hydroxylation is 1. The maximum absolute atomic E-state index is 14.3. The largest absolute Gasteiger partial charge is 0.353 e. The first-order valence-corrected chi connectivity index (χ1v) is 14.1. The zero-order valence-electron chi connectivity index (χ0n) is 22.1. The predicted molar refractivity (Wildman–Crippen MR) is 146 cm³/mol. The van der Waals surface area contributed by atoms with Crippen molar-refractivity contribution in [1.82, 2.24) is 29.2 Å². The third-order valence-electron chi connectivity index (χ3n) is 9.71. The molecule has 4 fully saturated rings. The first kappa shape index (κ1) is 23.5. The summed E-state index contributed by atoms with van der Waals surface area (Å²) in [6, 6.07) is 9.68. The zero-order chi connectivity index (χ0) is 26.6. The number of alkyl halides is 2. The molecule has 3 aromatic heterocycles. The minimum Gasteiger partial charge on any atom is -0.353 e. The molecule has 4 heterocycles. The van der Waals surface area contributed by atoms with E-state index in [2.05, 4.69) is 26.1 Å². The Hall–Kier alpha value is -3.33. The van der Waals surface area contributed by atoms with E-state index in [1.807, 2.05) is 30.5 Å². The van der Waals surface area contributed by atoms with E-state index in [-0.39, 0.29) is 19.8 Å². The summed E-state index contributed by atoms with van der Waals surface area (Å²) in [5, 5.41) is 9.21. The smallest absolute Gasteiger partial charge is 0.279 e. The zero-order valence-corrected chi connectivity index (χ0v) is 22.1. The number of hydrogen-bond donors (Lipinski definition) is 1. The Balaban J connectivity index is 0.00000264. The highest BCUT2D eigenvalue weighted by molar-refractivity contribution is 5.84. The van der Waals surface area contributed by atoms with Crippen LogP contribution in [-0.4, -0.2) is 48.2 Å². The summed E-state index contributed by atoms with van der Waals surface area (Å²) in [4.78, 5) is 19.9. The van der Waals surface area contributed by atoms with Crippen LogP contribution in [0.5, 0.6) is 0 Å². The van der Waals surface area contributed by atoms with Gasteiger partial charge >= 0.3 is 0 Å². The van der Waals surface area contributed by atoms with Gasteiger partial charge in [-0.05, 0) is 79.3 Å². The third-order valence-corrected chi connectivity index (χ3v) is 9.71. The molecular weight excluding hydrogens is 498 g/mol. The Morgan fingerprint density at radius 1 is 1.15 bits per heavy atom. The normalized spacial score (nSPS) is 22.9. The summed E-state index contributed by atoms with van der Waals surface area (Å²) < 4.78 is 32.1. The van der Waals surface area contributed by atoms with Gasteiger partial charge in [-0.15, -0.1) is 10.2 Å². The molecule has 8 rings (SSSR count). The third kappa shape index (κ3) is 3.72. The van der Waals surface area contributed by atoms with Crippen molar-refractivity contribution in [3.05, 3.63) is 75.9 Å². The van der Waals surface area contributed by atoms with Gasteiger partial charge in [-0.25, -0.2) is 8.78 Å². The van der Waals surface area contributed by atoms with Crippen LogP contribution in [0.4, 0.5) is 8.78 Å². The van der Waals surface area contributed by atoms with Crippen LogP contribution in [0, 0.1) is 5.41 Å². The molecule has 7 nitrogen and oxygen atoms in total. The van der Waals surface area contributed by atoms with Gasteiger partial charge in [-0.3, -0.25) is 14.3 Å². The van der Waals surface area contributed by atoms with Crippen LogP contribution in [0.2, 0.25) is 0 Å². The van der Waals surface area contributed by atoms with Crippen LogP contribution in [0.25, 0.3) is 16.6 Å². The molecule has 1 aliphatic heterocycles. The van der Waals surface area contributed by atoms with Gasteiger partial charge in [-0.2, -0.15) is 0 Å². The van der Waals surface area contributed by atoms with E-state index in [0.717, 1.165) is 49.1 Å². The van der Waals surface area contributed by atoms with Crippen LogP contribution < -0.4 is 5.56 Å². The number of fused-ring (bicyclic) bond motifs is 1. The molecule has 0 amide bonds. The number of H-pyrrole nitrogens is 1. The van der Waals surface area contributed by atoms with Crippen LogP contribution in [0.3, 0.4) is 0 Å². The highest BCUT2D eigenvalue weighted by Crippen LogP contribution is 2.56. The molecule has 0 radical (unpaired) electrons. The van der Waals surface area contributed by atoms with Crippen molar-refractivity contribution in [2.75, 3.05) is 13.1 Å². The summed E-state index contributed by atoms with van der Waals surface area (Å²) in [7, 11) is 1.78. The molecule has 4 aliphatic rings. The van der Waals surface area contributed by atoms with Gasteiger partial charge in [0.05, 0.1) is 5.41 Å². The van der Waals surface area contributed by atoms with E-state index in [1.54, 1.807) is 22.5 Å². The summed E-state index contributed by atoms with van der Waals surface area (Å²) in [5.74, 6) is -1.79. The molecule has 1 saturated heterocycles. The number of nitrogens with one attached hydrogen (secondary N) is 1. The highest BCUT2D eigenvalue weighted by Gasteiger charge is 2.60. The predicted octanol–water partition coefficient (Wildman–Crippen LogP) is 5.27.